The Morgan fingerprint density at radius 1 is 1.75 bits per heavy atom. The first kappa shape index (κ1) is 7.98. The molecule has 64 valence electrons. The molecule has 0 N–H and O–H groups in total. The largest absolute Gasteiger partial charge is 0.327 e. The van der Waals surface area contributed by atoms with E-state index in [2.05, 4.69) is 20.9 Å². The number of nitrogens with zero attached hydrogens (tertiary/aromatic N) is 2. The van der Waals surface area contributed by atoms with Crippen molar-refractivity contribution >= 4 is 22.2 Å². The van der Waals surface area contributed by atoms with Crippen LogP contribution in [0.3, 0.4) is 0 Å². The minimum absolute atomic E-state index is 0.522. The number of carbonyl (C=O) groups excluding carboxylic acids is 1. The van der Waals surface area contributed by atoms with Crippen molar-refractivity contribution < 1.29 is 4.79 Å². The molecule has 0 amide bonds. The zero-order valence-corrected chi connectivity index (χ0v) is 8.12. The van der Waals surface area contributed by atoms with Gasteiger partial charge in [-0.3, -0.25) is 4.79 Å². The van der Waals surface area contributed by atoms with Gasteiger partial charge in [0.1, 0.15) is 4.60 Å². The van der Waals surface area contributed by atoms with Gasteiger partial charge in [-0.15, -0.1) is 0 Å². The number of hydrogen-bond donors (Lipinski definition) is 0. The molecule has 0 radical (unpaired) electrons. The summed E-state index contributed by atoms with van der Waals surface area (Å²) in [6, 6.07) is 0. The zero-order chi connectivity index (χ0) is 8.55. The summed E-state index contributed by atoms with van der Waals surface area (Å²) >= 11 is 3.24. The van der Waals surface area contributed by atoms with Crippen LogP contribution in [0, 0.1) is 5.92 Å². The van der Waals surface area contributed by atoms with Gasteiger partial charge in [-0.05, 0) is 34.7 Å². The molecule has 0 saturated heterocycles. The summed E-state index contributed by atoms with van der Waals surface area (Å²) in [5.41, 5.74) is 0. The van der Waals surface area contributed by atoms with Gasteiger partial charge >= 0.3 is 0 Å². The molecule has 3 nitrogen and oxygen atoms in total. The second-order valence-electron chi connectivity index (χ2n) is 3.14. The van der Waals surface area contributed by atoms with E-state index in [1.165, 1.54) is 12.8 Å². The van der Waals surface area contributed by atoms with Crippen LogP contribution in [0.1, 0.15) is 23.5 Å². The number of hydrogen-bond acceptors (Lipinski definition) is 2. The smallest absolute Gasteiger partial charge is 0.185 e. The summed E-state index contributed by atoms with van der Waals surface area (Å²) in [4.78, 5) is 14.6. The predicted octanol–water partition coefficient (Wildman–Crippen LogP) is 1.87. The molecule has 12 heavy (non-hydrogen) atoms. The molecular weight excluding hydrogens is 220 g/mol. The molecule has 0 spiro atoms. The molecule has 1 saturated carbocycles. The average molecular weight is 229 g/mol. The third-order valence-corrected chi connectivity index (χ3v) is 2.42. The van der Waals surface area contributed by atoms with Gasteiger partial charge in [-0.1, -0.05) is 0 Å². The zero-order valence-electron chi connectivity index (χ0n) is 6.53. The summed E-state index contributed by atoms with van der Waals surface area (Å²) in [5.74, 6) is 1.29. The quantitative estimate of drug-likeness (QED) is 0.741. The molecule has 0 atom stereocenters. The highest BCUT2D eigenvalue weighted by Crippen LogP contribution is 2.31. The monoisotopic (exact) mass is 228 g/mol. The Morgan fingerprint density at radius 2 is 2.50 bits per heavy atom. The van der Waals surface area contributed by atoms with Crippen molar-refractivity contribution in [1.82, 2.24) is 9.55 Å². The third-order valence-electron chi connectivity index (χ3n) is 2.04. The lowest BCUT2D eigenvalue weighted by molar-refractivity contribution is 0.111. The van der Waals surface area contributed by atoms with Gasteiger partial charge < -0.3 is 4.57 Å². The number of halogens is 1. The molecule has 0 aliphatic heterocycles. The van der Waals surface area contributed by atoms with Crippen molar-refractivity contribution in [3.05, 3.63) is 16.6 Å². The molecule has 1 fully saturated rings. The van der Waals surface area contributed by atoms with Gasteiger partial charge in [-0.2, -0.15) is 0 Å². The highest BCUT2D eigenvalue weighted by atomic mass is 79.9. The van der Waals surface area contributed by atoms with Gasteiger partial charge in [-0.25, -0.2) is 4.98 Å². The SMILES string of the molecule is O=Cc1nc(Br)cn1CC1CC1. The molecule has 2 rings (SSSR count). The molecule has 0 bridgehead atoms. The lowest BCUT2D eigenvalue weighted by Crippen LogP contribution is -2.02. The summed E-state index contributed by atoms with van der Waals surface area (Å²) in [5, 5.41) is 0. The maximum atomic E-state index is 10.5. The first-order chi connectivity index (χ1) is 5.79. The first-order valence-corrected chi connectivity index (χ1v) is 4.77. The van der Waals surface area contributed by atoms with Gasteiger partial charge in [0.2, 0.25) is 0 Å². The fourth-order valence-electron chi connectivity index (χ4n) is 1.22. The topological polar surface area (TPSA) is 34.9 Å². The Kier molecular flexibility index (Phi) is 2.00. The molecule has 0 unspecified atom stereocenters. The van der Waals surface area contributed by atoms with Gasteiger partial charge in [0.15, 0.2) is 12.1 Å². The maximum absolute atomic E-state index is 10.5. The molecule has 1 heterocycles. The van der Waals surface area contributed by atoms with Crippen LogP contribution >= 0.6 is 15.9 Å². The highest BCUT2D eigenvalue weighted by Gasteiger charge is 2.22. The van der Waals surface area contributed by atoms with Crippen molar-refractivity contribution in [2.75, 3.05) is 0 Å². The van der Waals surface area contributed by atoms with E-state index < -0.39 is 0 Å². The van der Waals surface area contributed by atoms with E-state index >= 15 is 0 Å². The number of aldehydes is 1. The van der Waals surface area contributed by atoms with Crippen molar-refractivity contribution in [3.8, 4) is 0 Å². The van der Waals surface area contributed by atoms with E-state index in [9.17, 15) is 4.79 Å². The van der Waals surface area contributed by atoms with Gasteiger partial charge in [0, 0.05) is 12.7 Å². The molecule has 1 aromatic rings. The average Bonchev–Trinajstić information content (AvgIpc) is 2.76. The molecule has 0 aromatic carbocycles. The van der Waals surface area contributed by atoms with Crippen molar-refractivity contribution in [3.63, 3.8) is 0 Å². The normalized spacial score (nSPS) is 16.4. The molecule has 4 heteroatoms. The Hall–Kier alpha value is -0.640. The standard InChI is InChI=1S/C8H9BrN2O/c9-7-4-11(3-6-1-2-6)8(5-12)10-7/h4-6H,1-3H2. The summed E-state index contributed by atoms with van der Waals surface area (Å²) < 4.78 is 2.65. The molecule has 1 aliphatic rings. The summed E-state index contributed by atoms with van der Waals surface area (Å²) in [6.45, 7) is 0.937. The Morgan fingerprint density at radius 3 is 3.08 bits per heavy atom. The van der Waals surface area contributed by atoms with Crippen LogP contribution < -0.4 is 0 Å². The minimum Gasteiger partial charge on any atom is -0.327 e. The van der Waals surface area contributed by atoms with E-state index in [0.29, 0.717) is 5.82 Å². The van der Waals surface area contributed by atoms with E-state index in [1.807, 2.05) is 10.8 Å². The number of carbonyl (C=O) groups is 1. The Bertz CT molecular complexity index is 304. The van der Waals surface area contributed by atoms with Crippen LogP contribution in [0.25, 0.3) is 0 Å². The van der Waals surface area contributed by atoms with E-state index in [-0.39, 0.29) is 0 Å². The van der Waals surface area contributed by atoms with E-state index in [0.717, 1.165) is 23.4 Å². The van der Waals surface area contributed by atoms with Crippen LogP contribution in [0.4, 0.5) is 0 Å². The molecule has 1 aliphatic carbocycles. The predicted molar refractivity (Wildman–Crippen MR) is 48.0 cm³/mol. The van der Waals surface area contributed by atoms with Crippen LogP contribution in [-0.4, -0.2) is 15.8 Å². The lowest BCUT2D eigenvalue weighted by Gasteiger charge is -1.99. The van der Waals surface area contributed by atoms with Crippen molar-refractivity contribution in [2.24, 2.45) is 5.92 Å². The maximum Gasteiger partial charge on any atom is 0.185 e. The second kappa shape index (κ2) is 3.01. The lowest BCUT2D eigenvalue weighted by atomic mass is 10.4. The first-order valence-electron chi connectivity index (χ1n) is 3.97. The van der Waals surface area contributed by atoms with Crippen molar-refractivity contribution in [1.29, 1.82) is 0 Å². The van der Waals surface area contributed by atoms with E-state index in [1.54, 1.807) is 0 Å². The fourth-order valence-corrected chi connectivity index (χ4v) is 1.64. The Balaban J connectivity index is 2.20. The van der Waals surface area contributed by atoms with Crippen LogP contribution in [-0.2, 0) is 6.54 Å². The van der Waals surface area contributed by atoms with Crippen LogP contribution in [0.15, 0.2) is 10.8 Å². The molecular formula is C8H9BrN2O. The Labute approximate surface area is 78.9 Å². The third kappa shape index (κ3) is 1.58. The fraction of sp³-hybridized carbons (Fsp3) is 0.500. The number of rotatable bonds is 3. The van der Waals surface area contributed by atoms with Crippen LogP contribution in [0.5, 0.6) is 0 Å². The second-order valence-corrected chi connectivity index (χ2v) is 3.95. The number of imidazole rings is 1. The molecule has 1 aromatic heterocycles. The summed E-state index contributed by atoms with van der Waals surface area (Å²) in [7, 11) is 0. The summed E-state index contributed by atoms with van der Waals surface area (Å²) in [6.07, 6.45) is 5.23. The van der Waals surface area contributed by atoms with E-state index in [4.69, 9.17) is 0 Å². The van der Waals surface area contributed by atoms with Gasteiger partial charge in [0.25, 0.3) is 0 Å². The number of aromatic nitrogens is 2. The van der Waals surface area contributed by atoms with Gasteiger partial charge in [0.05, 0.1) is 0 Å². The van der Waals surface area contributed by atoms with Crippen molar-refractivity contribution in [2.45, 2.75) is 19.4 Å². The minimum atomic E-state index is 0.522. The van der Waals surface area contributed by atoms with Crippen LogP contribution in [0.2, 0.25) is 0 Å². The highest BCUT2D eigenvalue weighted by molar-refractivity contribution is 9.10.